The summed E-state index contributed by atoms with van der Waals surface area (Å²) in [5.41, 5.74) is 2.28. The van der Waals surface area contributed by atoms with E-state index in [1.54, 1.807) is 0 Å². The van der Waals surface area contributed by atoms with Gasteiger partial charge in [0.2, 0.25) is 5.91 Å². The molecule has 0 saturated carbocycles. The van der Waals surface area contributed by atoms with Crippen molar-refractivity contribution in [1.82, 2.24) is 20.2 Å². The Bertz CT molecular complexity index is 558. The third-order valence-electron chi connectivity index (χ3n) is 4.80. The predicted octanol–water partition coefficient (Wildman–Crippen LogP) is 1.08. The molecule has 0 unspecified atom stereocenters. The van der Waals surface area contributed by atoms with Crippen LogP contribution in [0.25, 0.3) is 0 Å². The lowest BCUT2D eigenvalue weighted by atomic mass is 10.0. The second-order valence-corrected chi connectivity index (χ2v) is 6.39. The Hall–Kier alpha value is -1.53. The number of rotatable bonds is 5. The molecule has 2 aliphatic rings. The third-order valence-corrected chi connectivity index (χ3v) is 4.80. The van der Waals surface area contributed by atoms with E-state index in [4.69, 9.17) is 4.74 Å². The second-order valence-electron chi connectivity index (χ2n) is 6.39. The van der Waals surface area contributed by atoms with E-state index in [9.17, 15) is 4.79 Å². The van der Waals surface area contributed by atoms with Gasteiger partial charge in [-0.3, -0.25) is 9.69 Å². The third kappa shape index (κ3) is 3.87. The van der Waals surface area contributed by atoms with Gasteiger partial charge in [-0.05, 0) is 31.7 Å². The molecule has 3 rings (SSSR count). The van der Waals surface area contributed by atoms with Gasteiger partial charge in [-0.1, -0.05) is 6.92 Å². The minimum Gasteiger partial charge on any atom is -0.376 e. The van der Waals surface area contributed by atoms with Crippen LogP contribution in [0.15, 0.2) is 6.20 Å². The van der Waals surface area contributed by atoms with Crippen molar-refractivity contribution in [3.05, 3.63) is 23.3 Å². The van der Waals surface area contributed by atoms with Gasteiger partial charge in [-0.2, -0.15) is 0 Å². The summed E-state index contributed by atoms with van der Waals surface area (Å²) in [6.45, 7) is 7.06. The fraction of sp³-hybridized carbons (Fsp3) is 0.706. The van der Waals surface area contributed by atoms with Crippen molar-refractivity contribution in [1.29, 1.82) is 0 Å². The number of amides is 1. The van der Waals surface area contributed by atoms with Gasteiger partial charge in [0.05, 0.1) is 17.8 Å². The van der Waals surface area contributed by atoms with Gasteiger partial charge < -0.3 is 10.1 Å². The lowest BCUT2D eigenvalue weighted by Gasteiger charge is -2.32. The van der Waals surface area contributed by atoms with Crippen LogP contribution in [0.2, 0.25) is 0 Å². The van der Waals surface area contributed by atoms with Crippen LogP contribution in [-0.2, 0) is 28.9 Å². The Balaban J connectivity index is 1.56. The zero-order valence-corrected chi connectivity index (χ0v) is 14.0. The molecule has 23 heavy (non-hydrogen) atoms. The quantitative estimate of drug-likeness (QED) is 0.880. The van der Waals surface area contributed by atoms with E-state index in [-0.39, 0.29) is 18.1 Å². The van der Waals surface area contributed by atoms with Crippen LogP contribution >= 0.6 is 0 Å². The van der Waals surface area contributed by atoms with Crippen molar-refractivity contribution in [2.24, 2.45) is 0 Å². The minimum absolute atomic E-state index is 0.0775. The number of fused-ring (bicyclic) bond motifs is 1. The van der Waals surface area contributed by atoms with Crippen LogP contribution in [0.1, 0.15) is 43.8 Å². The molecule has 1 saturated heterocycles. The molecule has 0 aliphatic carbocycles. The highest BCUT2D eigenvalue weighted by Gasteiger charge is 2.27. The smallest absolute Gasteiger partial charge is 0.237 e. The number of hydrogen-bond acceptors (Lipinski definition) is 5. The van der Waals surface area contributed by atoms with E-state index in [0.29, 0.717) is 6.54 Å². The number of ether oxygens (including phenoxy) is 1. The first kappa shape index (κ1) is 16.3. The number of aromatic nitrogens is 2. The lowest BCUT2D eigenvalue weighted by Crippen LogP contribution is -2.48. The van der Waals surface area contributed by atoms with Crippen LogP contribution in [0.5, 0.6) is 0 Å². The molecule has 0 aromatic carbocycles. The molecular weight excluding hydrogens is 292 g/mol. The highest BCUT2D eigenvalue weighted by molar-refractivity contribution is 5.81. The van der Waals surface area contributed by atoms with E-state index >= 15 is 0 Å². The van der Waals surface area contributed by atoms with Crippen LogP contribution in [0.4, 0.5) is 0 Å². The number of nitrogens with zero attached hydrogens (tertiary/aromatic N) is 3. The molecule has 1 aromatic heterocycles. The summed E-state index contributed by atoms with van der Waals surface area (Å²) >= 11 is 0. The first-order valence-corrected chi connectivity index (χ1v) is 8.64. The molecule has 1 fully saturated rings. The molecule has 1 amide bonds. The summed E-state index contributed by atoms with van der Waals surface area (Å²) in [5.74, 6) is 0.954. The van der Waals surface area contributed by atoms with Crippen LogP contribution in [0.3, 0.4) is 0 Å². The highest BCUT2D eigenvalue weighted by atomic mass is 16.5. The molecule has 1 N–H and O–H groups in total. The summed E-state index contributed by atoms with van der Waals surface area (Å²) in [4.78, 5) is 23.6. The van der Waals surface area contributed by atoms with Gasteiger partial charge in [0.25, 0.3) is 0 Å². The standard InChI is InChI=1S/C17H26N4O2/c1-3-16-18-9-13-6-7-21(11-15(13)20-16)12(2)17(22)19-10-14-5-4-8-23-14/h9,12,14H,3-8,10-11H2,1-2H3,(H,19,22)/t12-,14+/m1/s1. The molecule has 0 bridgehead atoms. The average molecular weight is 318 g/mol. The molecule has 2 aliphatic heterocycles. The van der Waals surface area contributed by atoms with Crippen LogP contribution in [-0.4, -0.2) is 52.6 Å². The van der Waals surface area contributed by atoms with E-state index in [1.165, 1.54) is 5.56 Å². The average Bonchev–Trinajstić information content (AvgIpc) is 3.11. The normalized spacial score (nSPS) is 22.6. The molecule has 0 spiro atoms. The number of carbonyl (C=O) groups is 1. The van der Waals surface area contributed by atoms with Gasteiger partial charge in [0, 0.05) is 38.9 Å². The summed E-state index contributed by atoms with van der Waals surface area (Å²) in [7, 11) is 0. The largest absolute Gasteiger partial charge is 0.376 e. The van der Waals surface area contributed by atoms with Crippen molar-refractivity contribution in [3.63, 3.8) is 0 Å². The van der Waals surface area contributed by atoms with Crippen molar-refractivity contribution < 1.29 is 9.53 Å². The zero-order chi connectivity index (χ0) is 16.2. The predicted molar refractivity (Wildman–Crippen MR) is 87.0 cm³/mol. The molecule has 6 nitrogen and oxygen atoms in total. The number of nitrogens with one attached hydrogen (secondary N) is 1. The SMILES string of the molecule is CCc1ncc2c(n1)CN([C@H](C)C(=O)NC[C@@H]1CCCO1)CC2. The van der Waals surface area contributed by atoms with Gasteiger partial charge in [-0.15, -0.1) is 0 Å². The van der Waals surface area contributed by atoms with E-state index in [0.717, 1.165) is 56.9 Å². The Kier molecular flexibility index (Phi) is 5.23. The van der Waals surface area contributed by atoms with Crippen LogP contribution < -0.4 is 5.32 Å². The second kappa shape index (κ2) is 7.36. The first-order valence-electron chi connectivity index (χ1n) is 8.64. The zero-order valence-electron chi connectivity index (χ0n) is 14.0. The highest BCUT2D eigenvalue weighted by Crippen LogP contribution is 2.19. The molecule has 3 heterocycles. The van der Waals surface area contributed by atoms with E-state index < -0.39 is 0 Å². The fourth-order valence-electron chi connectivity index (χ4n) is 3.20. The minimum atomic E-state index is -0.149. The van der Waals surface area contributed by atoms with Crippen molar-refractivity contribution in [2.45, 2.75) is 58.2 Å². The topological polar surface area (TPSA) is 67.4 Å². The Morgan fingerprint density at radius 2 is 2.43 bits per heavy atom. The molecule has 126 valence electrons. The Labute approximate surface area is 137 Å². The van der Waals surface area contributed by atoms with Gasteiger partial charge >= 0.3 is 0 Å². The maximum Gasteiger partial charge on any atom is 0.237 e. The molecule has 2 atom stereocenters. The van der Waals surface area contributed by atoms with Crippen molar-refractivity contribution in [2.75, 3.05) is 19.7 Å². The molecule has 0 radical (unpaired) electrons. The summed E-state index contributed by atoms with van der Waals surface area (Å²) in [5, 5.41) is 3.03. The van der Waals surface area contributed by atoms with Gasteiger partial charge in [0.15, 0.2) is 0 Å². The monoisotopic (exact) mass is 318 g/mol. The lowest BCUT2D eigenvalue weighted by molar-refractivity contribution is -0.126. The maximum absolute atomic E-state index is 12.4. The Morgan fingerprint density at radius 1 is 1.57 bits per heavy atom. The molecule has 6 heteroatoms. The van der Waals surface area contributed by atoms with Crippen molar-refractivity contribution in [3.8, 4) is 0 Å². The number of aryl methyl sites for hydroxylation is 1. The number of carbonyl (C=O) groups excluding carboxylic acids is 1. The van der Waals surface area contributed by atoms with Gasteiger partial charge in [-0.25, -0.2) is 9.97 Å². The van der Waals surface area contributed by atoms with Crippen LogP contribution in [0, 0.1) is 0 Å². The van der Waals surface area contributed by atoms with Gasteiger partial charge in [0.1, 0.15) is 5.82 Å². The van der Waals surface area contributed by atoms with E-state index in [2.05, 4.69) is 27.1 Å². The molecule has 1 aromatic rings. The summed E-state index contributed by atoms with van der Waals surface area (Å²) in [6, 6.07) is -0.149. The molecular formula is C17H26N4O2. The maximum atomic E-state index is 12.4. The Morgan fingerprint density at radius 3 is 3.17 bits per heavy atom. The fourth-order valence-corrected chi connectivity index (χ4v) is 3.20. The van der Waals surface area contributed by atoms with Crippen molar-refractivity contribution >= 4 is 5.91 Å². The van der Waals surface area contributed by atoms with E-state index in [1.807, 2.05) is 13.1 Å². The number of hydrogen-bond donors (Lipinski definition) is 1. The first-order chi connectivity index (χ1) is 11.2. The summed E-state index contributed by atoms with van der Waals surface area (Å²) < 4.78 is 5.56. The summed E-state index contributed by atoms with van der Waals surface area (Å²) in [6.07, 6.45) is 6.02.